The standard InChI is InChI=1S/C31H36N6O2/c1-22-20-27(12-13-29(22)37-17-15-36(16-18-37)14-3-4-19-38)34-31-32-21-25-6-5-7-28(30(25)35-31)24-8-10-26(11-9-24)33-23(2)39/h5-13,20-21,38H,3-4,14-19H2,1-2H3,(H,33,39)(H,32,34,35). The van der Waals surface area contributed by atoms with Crippen LogP contribution in [0, 0.1) is 6.92 Å². The smallest absolute Gasteiger partial charge is 0.227 e. The molecule has 1 amide bonds. The minimum Gasteiger partial charge on any atom is -0.396 e. The van der Waals surface area contributed by atoms with Crippen LogP contribution in [0.25, 0.3) is 22.0 Å². The number of aliphatic hydroxyl groups excluding tert-OH is 1. The van der Waals surface area contributed by atoms with E-state index in [9.17, 15) is 4.79 Å². The van der Waals surface area contributed by atoms with E-state index in [0.717, 1.165) is 79.0 Å². The van der Waals surface area contributed by atoms with Gasteiger partial charge in [-0.15, -0.1) is 0 Å². The number of hydrogen-bond acceptors (Lipinski definition) is 7. The molecule has 8 heteroatoms. The lowest BCUT2D eigenvalue weighted by Gasteiger charge is -2.37. The van der Waals surface area contributed by atoms with Gasteiger partial charge in [-0.05, 0) is 67.8 Å². The van der Waals surface area contributed by atoms with Crippen LogP contribution < -0.4 is 15.5 Å². The van der Waals surface area contributed by atoms with Gasteiger partial charge in [-0.3, -0.25) is 9.69 Å². The fourth-order valence-electron chi connectivity index (χ4n) is 5.16. The number of carbonyl (C=O) groups is 1. The molecule has 3 N–H and O–H groups in total. The molecule has 202 valence electrons. The summed E-state index contributed by atoms with van der Waals surface area (Å²) in [5, 5.41) is 16.2. The third kappa shape index (κ3) is 6.53. The maximum atomic E-state index is 11.4. The number of amides is 1. The second kappa shape index (κ2) is 12.2. The van der Waals surface area contributed by atoms with Crippen LogP contribution in [0.1, 0.15) is 25.3 Å². The highest BCUT2D eigenvalue weighted by atomic mass is 16.3. The number of anilines is 4. The molecule has 8 nitrogen and oxygen atoms in total. The molecule has 1 fully saturated rings. The van der Waals surface area contributed by atoms with Crippen molar-refractivity contribution < 1.29 is 9.90 Å². The molecule has 1 aliphatic rings. The Morgan fingerprint density at radius 2 is 1.74 bits per heavy atom. The quantitative estimate of drug-likeness (QED) is 0.259. The molecule has 1 aliphatic heterocycles. The Hall–Kier alpha value is -4.01. The molecule has 4 aromatic rings. The Labute approximate surface area is 229 Å². The Bertz CT molecular complexity index is 1430. The van der Waals surface area contributed by atoms with E-state index in [0.29, 0.717) is 5.95 Å². The number of benzene rings is 3. The molecular formula is C31H36N6O2. The highest BCUT2D eigenvalue weighted by Gasteiger charge is 2.18. The van der Waals surface area contributed by atoms with Gasteiger partial charge in [0.25, 0.3) is 0 Å². The average Bonchev–Trinajstić information content (AvgIpc) is 2.94. The van der Waals surface area contributed by atoms with Crippen molar-refractivity contribution in [1.82, 2.24) is 14.9 Å². The van der Waals surface area contributed by atoms with Gasteiger partial charge >= 0.3 is 0 Å². The summed E-state index contributed by atoms with van der Waals surface area (Å²) in [6, 6.07) is 20.3. The number of para-hydroxylation sites is 1. The van der Waals surface area contributed by atoms with Crippen LogP contribution in [0.3, 0.4) is 0 Å². The van der Waals surface area contributed by atoms with Gasteiger partial charge < -0.3 is 20.6 Å². The van der Waals surface area contributed by atoms with Gasteiger partial charge in [-0.1, -0.05) is 30.3 Å². The Kier molecular flexibility index (Phi) is 8.34. The number of unbranched alkanes of at least 4 members (excludes halogenated alkanes) is 1. The second-order valence-electron chi connectivity index (χ2n) is 10.1. The second-order valence-corrected chi connectivity index (χ2v) is 10.1. The Balaban J connectivity index is 1.30. The van der Waals surface area contributed by atoms with Crippen LogP contribution in [0.5, 0.6) is 0 Å². The van der Waals surface area contributed by atoms with Crippen molar-refractivity contribution in [2.45, 2.75) is 26.7 Å². The summed E-state index contributed by atoms with van der Waals surface area (Å²) in [5.74, 6) is 0.459. The fraction of sp³-hybridized carbons (Fsp3) is 0.323. The van der Waals surface area contributed by atoms with Crippen LogP contribution in [0.15, 0.2) is 66.9 Å². The Morgan fingerprint density at radius 1 is 0.974 bits per heavy atom. The number of piperazine rings is 1. The van der Waals surface area contributed by atoms with E-state index in [1.54, 1.807) is 0 Å². The summed E-state index contributed by atoms with van der Waals surface area (Å²) in [6.45, 7) is 9.11. The summed E-state index contributed by atoms with van der Waals surface area (Å²) in [5.41, 5.74) is 7.10. The molecule has 0 radical (unpaired) electrons. The van der Waals surface area contributed by atoms with Crippen molar-refractivity contribution in [3.8, 4) is 11.1 Å². The van der Waals surface area contributed by atoms with Crippen molar-refractivity contribution in [1.29, 1.82) is 0 Å². The number of hydrogen-bond donors (Lipinski definition) is 3. The van der Waals surface area contributed by atoms with E-state index in [1.807, 2.05) is 42.6 Å². The number of carbonyl (C=O) groups excluding carboxylic acids is 1. The van der Waals surface area contributed by atoms with Crippen LogP contribution >= 0.6 is 0 Å². The van der Waals surface area contributed by atoms with Gasteiger partial charge in [0.2, 0.25) is 11.9 Å². The van der Waals surface area contributed by atoms with E-state index in [2.05, 4.69) is 56.6 Å². The molecule has 3 aromatic carbocycles. The van der Waals surface area contributed by atoms with Crippen LogP contribution in [0.2, 0.25) is 0 Å². The van der Waals surface area contributed by atoms with Gasteiger partial charge in [0.05, 0.1) is 5.52 Å². The van der Waals surface area contributed by atoms with Gasteiger partial charge in [-0.2, -0.15) is 0 Å². The molecule has 1 aromatic heterocycles. The SMILES string of the molecule is CC(=O)Nc1ccc(-c2cccc3cnc(Nc4ccc(N5CCN(CCCCO)CC5)c(C)c4)nc23)cc1. The molecule has 39 heavy (non-hydrogen) atoms. The molecule has 1 saturated heterocycles. The first-order chi connectivity index (χ1) is 19.0. The molecule has 0 saturated carbocycles. The number of aliphatic hydroxyl groups is 1. The number of nitrogens with one attached hydrogen (secondary N) is 2. The lowest BCUT2D eigenvalue weighted by atomic mass is 10.0. The molecule has 2 heterocycles. The van der Waals surface area contributed by atoms with E-state index in [4.69, 9.17) is 10.1 Å². The minimum absolute atomic E-state index is 0.0903. The topological polar surface area (TPSA) is 93.6 Å². The fourth-order valence-corrected chi connectivity index (χ4v) is 5.16. The lowest BCUT2D eigenvalue weighted by Crippen LogP contribution is -2.46. The molecule has 0 spiro atoms. The predicted octanol–water partition coefficient (Wildman–Crippen LogP) is 5.20. The Morgan fingerprint density at radius 3 is 2.46 bits per heavy atom. The van der Waals surface area contributed by atoms with Gasteiger partial charge in [-0.25, -0.2) is 9.97 Å². The van der Waals surface area contributed by atoms with Crippen molar-refractivity contribution in [2.75, 3.05) is 54.9 Å². The first kappa shape index (κ1) is 26.6. The van der Waals surface area contributed by atoms with Crippen molar-refractivity contribution in [2.24, 2.45) is 0 Å². The zero-order valence-electron chi connectivity index (χ0n) is 22.7. The molecule has 0 aliphatic carbocycles. The maximum Gasteiger partial charge on any atom is 0.227 e. The van der Waals surface area contributed by atoms with Crippen LogP contribution in [-0.2, 0) is 4.79 Å². The van der Waals surface area contributed by atoms with E-state index >= 15 is 0 Å². The predicted molar refractivity (Wildman–Crippen MR) is 159 cm³/mol. The summed E-state index contributed by atoms with van der Waals surface area (Å²) in [6.07, 6.45) is 3.78. The van der Waals surface area contributed by atoms with Crippen LogP contribution in [-0.4, -0.2) is 65.2 Å². The van der Waals surface area contributed by atoms with Crippen LogP contribution in [0.4, 0.5) is 23.0 Å². The lowest BCUT2D eigenvalue weighted by molar-refractivity contribution is -0.114. The third-order valence-corrected chi connectivity index (χ3v) is 7.18. The van der Waals surface area contributed by atoms with Gasteiger partial charge in [0.1, 0.15) is 0 Å². The monoisotopic (exact) mass is 524 g/mol. The molecule has 0 bridgehead atoms. The zero-order chi connectivity index (χ0) is 27.2. The third-order valence-electron chi connectivity index (χ3n) is 7.18. The molecule has 5 rings (SSSR count). The summed E-state index contributed by atoms with van der Waals surface area (Å²) >= 11 is 0. The van der Waals surface area contributed by atoms with Gasteiger partial charge in [0.15, 0.2) is 0 Å². The summed E-state index contributed by atoms with van der Waals surface area (Å²) in [4.78, 5) is 25.7. The van der Waals surface area contributed by atoms with Gasteiger partial charge in [0, 0.05) is 73.9 Å². The summed E-state index contributed by atoms with van der Waals surface area (Å²) in [7, 11) is 0. The van der Waals surface area contributed by atoms with Crippen molar-refractivity contribution >= 4 is 39.8 Å². The number of rotatable bonds is 9. The highest BCUT2D eigenvalue weighted by Crippen LogP contribution is 2.30. The summed E-state index contributed by atoms with van der Waals surface area (Å²) < 4.78 is 0. The minimum atomic E-state index is -0.0903. The molecule has 0 unspecified atom stereocenters. The molecule has 0 atom stereocenters. The van der Waals surface area contributed by atoms with E-state index in [1.165, 1.54) is 18.2 Å². The van der Waals surface area contributed by atoms with E-state index < -0.39 is 0 Å². The van der Waals surface area contributed by atoms with Crippen molar-refractivity contribution in [3.63, 3.8) is 0 Å². The number of nitrogens with zero attached hydrogens (tertiary/aromatic N) is 4. The highest BCUT2D eigenvalue weighted by molar-refractivity contribution is 5.94. The maximum absolute atomic E-state index is 11.4. The number of aryl methyl sites for hydroxylation is 1. The van der Waals surface area contributed by atoms with E-state index in [-0.39, 0.29) is 12.5 Å². The normalized spacial score (nSPS) is 14.0. The molecular weight excluding hydrogens is 488 g/mol. The zero-order valence-corrected chi connectivity index (χ0v) is 22.7. The average molecular weight is 525 g/mol. The first-order valence-electron chi connectivity index (χ1n) is 13.6. The first-order valence-corrected chi connectivity index (χ1v) is 13.6. The largest absolute Gasteiger partial charge is 0.396 e. The van der Waals surface area contributed by atoms with Crippen molar-refractivity contribution in [3.05, 3.63) is 72.4 Å². The number of fused-ring (bicyclic) bond motifs is 1. The number of aromatic nitrogens is 2.